The smallest absolute Gasteiger partial charge is 0.233 e. The van der Waals surface area contributed by atoms with Crippen LogP contribution in [0.5, 0.6) is 11.5 Å². The number of hydrogen-bond donors (Lipinski definition) is 1. The molecular formula is C20H22ClNO7S. The Hall–Kier alpha value is -2.17. The zero-order valence-electron chi connectivity index (χ0n) is 16.4. The van der Waals surface area contributed by atoms with E-state index in [1.54, 1.807) is 38.1 Å². The maximum Gasteiger partial charge on any atom is 0.233 e. The molecule has 1 heterocycles. The van der Waals surface area contributed by atoms with E-state index in [9.17, 15) is 18.4 Å². The lowest BCUT2D eigenvalue weighted by Crippen LogP contribution is -2.47. The fourth-order valence-corrected chi connectivity index (χ4v) is 4.70. The first kappa shape index (κ1) is 22.5. The molecule has 3 rings (SSSR count). The molecule has 162 valence electrons. The minimum absolute atomic E-state index is 0.0217. The monoisotopic (exact) mass is 455 g/mol. The second-order valence-corrected chi connectivity index (χ2v) is 9.70. The third-order valence-electron chi connectivity index (χ3n) is 4.53. The second kappa shape index (κ2) is 8.91. The van der Waals surface area contributed by atoms with Gasteiger partial charge in [-0.05, 0) is 62.4 Å². The lowest BCUT2D eigenvalue weighted by Gasteiger charge is -2.27. The van der Waals surface area contributed by atoms with Crippen LogP contribution in [0.25, 0.3) is 0 Å². The van der Waals surface area contributed by atoms with Crippen LogP contribution in [0.2, 0.25) is 5.02 Å². The van der Waals surface area contributed by atoms with Gasteiger partial charge in [-0.15, -0.1) is 0 Å². The van der Waals surface area contributed by atoms with Gasteiger partial charge in [0, 0.05) is 5.02 Å². The van der Waals surface area contributed by atoms with Crippen LogP contribution < -0.4 is 4.74 Å². The van der Waals surface area contributed by atoms with Crippen molar-refractivity contribution in [2.75, 3.05) is 12.4 Å². The first-order chi connectivity index (χ1) is 14.1. The van der Waals surface area contributed by atoms with Crippen LogP contribution in [0.3, 0.4) is 0 Å². The Labute approximate surface area is 179 Å². The zero-order chi connectivity index (χ0) is 21.9. The van der Waals surface area contributed by atoms with Gasteiger partial charge in [-0.25, -0.2) is 13.5 Å². The van der Waals surface area contributed by atoms with E-state index in [2.05, 4.69) is 0 Å². The van der Waals surface area contributed by atoms with E-state index >= 15 is 0 Å². The molecule has 0 bridgehead atoms. The molecule has 1 aliphatic heterocycles. The van der Waals surface area contributed by atoms with Gasteiger partial charge >= 0.3 is 0 Å². The summed E-state index contributed by atoms with van der Waals surface area (Å²) in [6.07, 6.45) is -0.643. The van der Waals surface area contributed by atoms with E-state index in [1.165, 1.54) is 24.3 Å². The Bertz CT molecular complexity index is 977. The van der Waals surface area contributed by atoms with Crippen LogP contribution in [0, 0.1) is 0 Å². The Kier molecular flexibility index (Phi) is 6.68. The number of nitrogens with zero attached hydrogens (tertiary/aromatic N) is 1. The van der Waals surface area contributed by atoms with E-state index in [0.717, 1.165) is 0 Å². The molecule has 10 heteroatoms. The molecule has 0 aromatic heterocycles. The summed E-state index contributed by atoms with van der Waals surface area (Å²) in [4.78, 5) is 11.1. The number of rotatable bonds is 8. The average Bonchev–Trinajstić information content (AvgIpc) is 3.07. The summed E-state index contributed by atoms with van der Waals surface area (Å²) < 4.78 is 42.5. The zero-order valence-corrected chi connectivity index (χ0v) is 18.0. The van der Waals surface area contributed by atoms with E-state index in [4.69, 9.17) is 25.8 Å². The number of hydrogen-bond acceptors (Lipinski definition) is 7. The minimum Gasteiger partial charge on any atom is -0.457 e. The number of hydroxylamine groups is 2. The number of carbonyl (C=O) groups is 1. The van der Waals surface area contributed by atoms with E-state index in [1.807, 2.05) is 0 Å². The predicted molar refractivity (Wildman–Crippen MR) is 108 cm³/mol. The first-order valence-electron chi connectivity index (χ1n) is 9.10. The highest BCUT2D eigenvalue weighted by Crippen LogP contribution is 2.28. The van der Waals surface area contributed by atoms with Crippen molar-refractivity contribution >= 4 is 27.8 Å². The molecule has 2 aromatic carbocycles. The lowest BCUT2D eigenvalue weighted by molar-refractivity contribution is -0.182. The number of ether oxygens (including phenoxy) is 3. The third-order valence-corrected chi connectivity index (χ3v) is 6.55. The molecule has 1 fully saturated rings. The van der Waals surface area contributed by atoms with Crippen molar-refractivity contribution in [2.45, 2.75) is 36.7 Å². The second-order valence-electron chi connectivity index (χ2n) is 7.23. The summed E-state index contributed by atoms with van der Waals surface area (Å²) in [5, 5.41) is 10.8. The van der Waals surface area contributed by atoms with Crippen molar-refractivity contribution in [1.82, 2.24) is 5.06 Å². The third kappa shape index (κ3) is 5.50. The Balaban J connectivity index is 1.74. The molecule has 1 unspecified atom stereocenters. The molecule has 0 radical (unpaired) electrons. The van der Waals surface area contributed by atoms with Crippen LogP contribution >= 0.6 is 11.6 Å². The quantitative estimate of drug-likeness (QED) is 0.370. The summed E-state index contributed by atoms with van der Waals surface area (Å²) in [7, 11) is -3.85. The SMILES string of the molecule is CC1(C)OC[C@H](C(CS(=O)(=O)c2ccc(Oc3ccc(Cl)cc3)cc2)N(O)C=O)O1. The molecule has 2 aromatic rings. The topological polar surface area (TPSA) is 102 Å². The summed E-state index contributed by atoms with van der Waals surface area (Å²) in [5.74, 6) is -0.474. The molecule has 2 atom stereocenters. The fourth-order valence-electron chi connectivity index (χ4n) is 3.01. The van der Waals surface area contributed by atoms with Crippen LogP contribution in [0.15, 0.2) is 53.4 Å². The van der Waals surface area contributed by atoms with Gasteiger partial charge in [0.15, 0.2) is 15.6 Å². The highest BCUT2D eigenvalue weighted by Gasteiger charge is 2.41. The Morgan fingerprint density at radius 3 is 2.27 bits per heavy atom. The molecule has 0 aliphatic carbocycles. The van der Waals surface area contributed by atoms with Gasteiger partial charge in [0.1, 0.15) is 23.6 Å². The molecule has 1 aliphatic rings. The van der Waals surface area contributed by atoms with E-state index in [0.29, 0.717) is 21.6 Å². The number of amides is 1. The summed E-state index contributed by atoms with van der Waals surface area (Å²) in [5.41, 5.74) is 0. The van der Waals surface area contributed by atoms with E-state index < -0.39 is 33.5 Å². The van der Waals surface area contributed by atoms with Gasteiger partial charge in [-0.3, -0.25) is 10.0 Å². The van der Waals surface area contributed by atoms with Crippen molar-refractivity contribution in [1.29, 1.82) is 0 Å². The summed E-state index contributed by atoms with van der Waals surface area (Å²) >= 11 is 5.84. The standard InChI is InChI=1S/C20H22ClNO7S/c1-20(2)27-11-19(29-20)18(22(24)13-23)12-30(25,26)17-9-7-16(8-10-17)28-15-5-3-14(21)4-6-15/h3-10,13,18-19,24H,11-12H2,1-2H3/t18?,19-/m1/s1. The van der Waals surface area contributed by atoms with Gasteiger partial charge < -0.3 is 14.2 Å². The minimum atomic E-state index is -3.85. The number of carbonyl (C=O) groups excluding carboxylic acids is 1. The Morgan fingerprint density at radius 1 is 1.20 bits per heavy atom. The van der Waals surface area contributed by atoms with Crippen molar-refractivity contribution in [3.63, 3.8) is 0 Å². The molecule has 1 amide bonds. The maximum atomic E-state index is 12.9. The Morgan fingerprint density at radius 2 is 1.77 bits per heavy atom. The van der Waals surface area contributed by atoms with Crippen molar-refractivity contribution < 1.29 is 32.6 Å². The van der Waals surface area contributed by atoms with Crippen LogP contribution in [-0.2, 0) is 24.1 Å². The first-order valence-corrected chi connectivity index (χ1v) is 11.1. The van der Waals surface area contributed by atoms with Crippen LogP contribution in [-0.4, -0.2) is 55.4 Å². The highest BCUT2D eigenvalue weighted by molar-refractivity contribution is 7.91. The van der Waals surface area contributed by atoms with Gasteiger partial charge in [0.2, 0.25) is 6.41 Å². The predicted octanol–water partition coefficient (Wildman–Crippen LogP) is 3.27. The van der Waals surface area contributed by atoms with Crippen LogP contribution in [0.4, 0.5) is 0 Å². The van der Waals surface area contributed by atoms with Crippen molar-refractivity contribution in [3.05, 3.63) is 53.6 Å². The number of halogens is 1. The fraction of sp³-hybridized carbons (Fsp3) is 0.350. The largest absolute Gasteiger partial charge is 0.457 e. The van der Waals surface area contributed by atoms with Crippen LogP contribution in [0.1, 0.15) is 13.8 Å². The highest BCUT2D eigenvalue weighted by atomic mass is 35.5. The average molecular weight is 456 g/mol. The van der Waals surface area contributed by atoms with Crippen molar-refractivity contribution in [3.8, 4) is 11.5 Å². The molecule has 1 N–H and O–H groups in total. The lowest BCUT2D eigenvalue weighted by atomic mass is 10.2. The van der Waals surface area contributed by atoms with Gasteiger partial charge in [0.25, 0.3) is 0 Å². The van der Waals surface area contributed by atoms with Gasteiger partial charge in [-0.1, -0.05) is 11.6 Å². The molecule has 0 spiro atoms. The summed E-state index contributed by atoms with van der Waals surface area (Å²) in [6, 6.07) is 11.5. The van der Waals surface area contributed by atoms with Gasteiger partial charge in [0.05, 0.1) is 17.3 Å². The number of benzene rings is 2. The summed E-state index contributed by atoms with van der Waals surface area (Å²) in [6.45, 7) is 3.38. The number of sulfone groups is 1. The van der Waals surface area contributed by atoms with Crippen molar-refractivity contribution in [2.24, 2.45) is 0 Å². The molecule has 1 saturated heterocycles. The van der Waals surface area contributed by atoms with Gasteiger partial charge in [-0.2, -0.15) is 0 Å². The maximum absolute atomic E-state index is 12.9. The van der Waals surface area contributed by atoms with E-state index in [-0.39, 0.29) is 17.9 Å². The molecule has 8 nitrogen and oxygen atoms in total. The normalized spacial score (nSPS) is 19.3. The molecule has 30 heavy (non-hydrogen) atoms. The molecular weight excluding hydrogens is 434 g/mol. The molecule has 0 saturated carbocycles.